The Balaban J connectivity index is 1.36. The molecule has 0 atom stereocenters. The number of anilines is 6. The molecule has 0 radical (unpaired) electrons. The van der Waals surface area contributed by atoms with Gasteiger partial charge in [0.1, 0.15) is 23.8 Å². The summed E-state index contributed by atoms with van der Waals surface area (Å²) in [4.78, 5) is 24.7. The maximum Gasteiger partial charge on any atom is 0.323 e. The summed E-state index contributed by atoms with van der Waals surface area (Å²) in [5.41, 5.74) is 1.64. The Labute approximate surface area is 192 Å². The molecule has 11 heteroatoms. The van der Waals surface area contributed by atoms with E-state index in [0.717, 1.165) is 17.7 Å². The summed E-state index contributed by atoms with van der Waals surface area (Å²) >= 11 is 0. The highest BCUT2D eigenvalue weighted by molar-refractivity contribution is 5.99. The van der Waals surface area contributed by atoms with Crippen molar-refractivity contribution in [1.29, 1.82) is 0 Å². The fraction of sp³-hybridized carbons (Fsp3) is 0.0435. The van der Waals surface area contributed by atoms with Crippen LogP contribution in [0.25, 0.3) is 0 Å². The molecule has 2 amide bonds. The predicted molar refractivity (Wildman–Crippen MR) is 123 cm³/mol. The Kier molecular flexibility index (Phi) is 6.53. The molecule has 2 heterocycles. The van der Waals surface area contributed by atoms with E-state index in [4.69, 9.17) is 0 Å². The van der Waals surface area contributed by atoms with E-state index in [1.807, 2.05) is 19.1 Å². The number of benzene rings is 2. The van der Waals surface area contributed by atoms with Gasteiger partial charge in [0, 0.05) is 23.6 Å². The molecule has 4 rings (SSSR count). The highest BCUT2D eigenvalue weighted by Gasteiger charge is 2.15. The van der Waals surface area contributed by atoms with Crippen LogP contribution in [0.5, 0.6) is 0 Å². The third-order valence-electron chi connectivity index (χ3n) is 4.54. The fourth-order valence-corrected chi connectivity index (χ4v) is 2.92. The van der Waals surface area contributed by atoms with Gasteiger partial charge in [-0.15, -0.1) is 0 Å². The number of carbonyl (C=O) groups excluding carboxylic acids is 1. The average molecular weight is 465 g/mol. The first kappa shape index (κ1) is 22.5. The van der Waals surface area contributed by atoms with E-state index in [9.17, 15) is 18.0 Å². The van der Waals surface area contributed by atoms with Crippen molar-refractivity contribution in [2.24, 2.45) is 0 Å². The number of carbonyl (C=O) groups is 1. The number of nitrogens with zero attached hydrogens (tertiary/aromatic N) is 3. The van der Waals surface area contributed by atoms with Gasteiger partial charge >= 0.3 is 6.03 Å². The zero-order valence-corrected chi connectivity index (χ0v) is 17.7. The van der Waals surface area contributed by atoms with Crippen LogP contribution in [-0.2, 0) is 0 Å². The molecule has 0 saturated carbocycles. The molecule has 2 aromatic heterocycles. The van der Waals surface area contributed by atoms with E-state index in [1.165, 1.54) is 6.33 Å². The summed E-state index contributed by atoms with van der Waals surface area (Å²) in [6.45, 7) is 1.96. The lowest BCUT2D eigenvalue weighted by Gasteiger charge is -2.11. The number of urea groups is 1. The molecule has 34 heavy (non-hydrogen) atoms. The van der Waals surface area contributed by atoms with Gasteiger partial charge in [0.25, 0.3) is 0 Å². The molecule has 2 aromatic carbocycles. The van der Waals surface area contributed by atoms with Crippen molar-refractivity contribution in [3.8, 4) is 0 Å². The van der Waals surface area contributed by atoms with Gasteiger partial charge < -0.3 is 21.3 Å². The van der Waals surface area contributed by atoms with Gasteiger partial charge in [0.2, 0.25) is 0 Å². The number of amides is 2. The number of aryl methyl sites for hydroxylation is 1. The second-order valence-electron chi connectivity index (χ2n) is 7.14. The highest BCUT2D eigenvalue weighted by Crippen LogP contribution is 2.22. The molecule has 0 fully saturated rings. The molecule has 0 aliphatic heterocycles. The molecule has 0 bridgehead atoms. The summed E-state index contributed by atoms with van der Waals surface area (Å²) < 4.78 is 40.0. The summed E-state index contributed by atoms with van der Waals surface area (Å²) in [5.74, 6) is -2.75. The highest BCUT2D eigenvalue weighted by atomic mass is 19.2. The van der Waals surface area contributed by atoms with E-state index >= 15 is 0 Å². The van der Waals surface area contributed by atoms with E-state index in [-0.39, 0.29) is 0 Å². The SMILES string of the molecule is Cc1ccnc(Nc2cc(Nc3ccc(NC(=O)Nc4ccc(F)c(F)c4F)cc3)ncn2)c1. The van der Waals surface area contributed by atoms with Crippen molar-refractivity contribution in [3.05, 3.63) is 90.1 Å². The number of rotatable bonds is 6. The summed E-state index contributed by atoms with van der Waals surface area (Å²) in [7, 11) is 0. The van der Waals surface area contributed by atoms with Crippen molar-refractivity contribution in [1.82, 2.24) is 15.0 Å². The van der Waals surface area contributed by atoms with Crippen LogP contribution in [0.1, 0.15) is 5.56 Å². The minimum absolute atomic E-state index is 0.390. The molecule has 8 nitrogen and oxygen atoms in total. The van der Waals surface area contributed by atoms with Crippen LogP contribution < -0.4 is 21.3 Å². The van der Waals surface area contributed by atoms with E-state index in [1.54, 1.807) is 36.5 Å². The number of aromatic nitrogens is 3. The van der Waals surface area contributed by atoms with E-state index in [0.29, 0.717) is 28.8 Å². The van der Waals surface area contributed by atoms with Gasteiger partial charge in [0.15, 0.2) is 17.5 Å². The van der Waals surface area contributed by atoms with Crippen molar-refractivity contribution in [2.45, 2.75) is 6.92 Å². The first-order chi connectivity index (χ1) is 16.4. The van der Waals surface area contributed by atoms with Crippen LogP contribution in [0.15, 0.2) is 67.1 Å². The van der Waals surface area contributed by atoms with Crippen LogP contribution >= 0.6 is 0 Å². The van der Waals surface area contributed by atoms with Gasteiger partial charge in [-0.25, -0.2) is 32.9 Å². The Morgan fingerprint density at radius 3 is 2.15 bits per heavy atom. The zero-order valence-electron chi connectivity index (χ0n) is 17.7. The molecular weight excluding hydrogens is 447 g/mol. The Morgan fingerprint density at radius 2 is 1.41 bits per heavy atom. The lowest BCUT2D eigenvalue weighted by Crippen LogP contribution is -2.20. The van der Waals surface area contributed by atoms with Crippen molar-refractivity contribution < 1.29 is 18.0 Å². The molecule has 4 N–H and O–H groups in total. The smallest absolute Gasteiger partial charge is 0.323 e. The average Bonchev–Trinajstić information content (AvgIpc) is 2.81. The van der Waals surface area contributed by atoms with Crippen molar-refractivity contribution in [2.75, 3.05) is 21.3 Å². The maximum absolute atomic E-state index is 13.7. The third kappa shape index (κ3) is 5.57. The quantitative estimate of drug-likeness (QED) is 0.271. The number of hydrogen-bond acceptors (Lipinski definition) is 6. The van der Waals surface area contributed by atoms with Gasteiger partial charge in [-0.2, -0.15) is 0 Å². The summed E-state index contributed by atoms with van der Waals surface area (Å²) in [6, 6.07) is 12.9. The number of pyridine rings is 1. The monoisotopic (exact) mass is 465 g/mol. The standard InChI is InChI=1S/C23H18F3N7O/c1-13-8-9-27-18(10-13)33-20-11-19(28-12-29-20)30-14-2-4-15(5-3-14)31-23(34)32-17-7-6-16(24)21(25)22(17)26/h2-12H,1H3,(H2,31,32,34)(H2,27,28,29,30,33). The van der Waals surface area contributed by atoms with Crippen LogP contribution in [-0.4, -0.2) is 21.0 Å². The summed E-state index contributed by atoms with van der Waals surface area (Å²) in [5, 5.41) is 10.8. The second-order valence-corrected chi connectivity index (χ2v) is 7.14. The van der Waals surface area contributed by atoms with Gasteiger partial charge in [-0.05, 0) is 61.0 Å². The van der Waals surface area contributed by atoms with Crippen molar-refractivity contribution >= 4 is 40.5 Å². The first-order valence-electron chi connectivity index (χ1n) is 9.98. The molecule has 0 unspecified atom stereocenters. The van der Waals surface area contributed by atoms with Crippen LogP contribution in [0.2, 0.25) is 0 Å². The molecule has 0 saturated heterocycles. The van der Waals surface area contributed by atoms with E-state index in [2.05, 4.69) is 36.2 Å². The molecule has 0 spiro atoms. The second kappa shape index (κ2) is 9.86. The normalized spacial score (nSPS) is 10.5. The topological polar surface area (TPSA) is 104 Å². The Hall–Kier alpha value is -4.67. The fourth-order valence-electron chi connectivity index (χ4n) is 2.92. The first-order valence-corrected chi connectivity index (χ1v) is 9.98. The largest absolute Gasteiger partial charge is 0.340 e. The molecule has 172 valence electrons. The zero-order chi connectivity index (χ0) is 24.1. The van der Waals surface area contributed by atoms with Gasteiger partial charge in [0.05, 0.1) is 5.69 Å². The van der Waals surface area contributed by atoms with Crippen LogP contribution in [0.3, 0.4) is 0 Å². The lowest BCUT2D eigenvalue weighted by molar-refractivity contribution is 0.262. The maximum atomic E-state index is 13.7. The Morgan fingerprint density at radius 1 is 0.735 bits per heavy atom. The third-order valence-corrected chi connectivity index (χ3v) is 4.54. The molecule has 0 aliphatic rings. The minimum Gasteiger partial charge on any atom is -0.340 e. The lowest BCUT2D eigenvalue weighted by atomic mass is 10.2. The predicted octanol–water partition coefficient (Wildman–Crippen LogP) is 5.73. The van der Waals surface area contributed by atoms with Gasteiger partial charge in [-0.3, -0.25) is 0 Å². The van der Waals surface area contributed by atoms with Crippen LogP contribution in [0.4, 0.5) is 52.5 Å². The minimum atomic E-state index is -1.66. The molecule has 4 aromatic rings. The summed E-state index contributed by atoms with van der Waals surface area (Å²) in [6.07, 6.45) is 3.10. The van der Waals surface area contributed by atoms with Crippen molar-refractivity contribution in [3.63, 3.8) is 0 Å². The number of nitrogens with one attached hydrogen (secondary N) is 4. The van der Waals surface area contributed by atoms with Gasteiger partial charge in [-0.1, -0.05) is 0 Å². The number of hydrogen-bond donors (Lipinski definition) is 4. The molecular formula is C23H18F3N7O. The number of halogens is 3. The molecule has 0 aliphatic carbocycles. The van der Waals surface area contributed by atoms with E-state index < -0.39 is 29.2 Å². The Bertz CT molecular complexity index is 1330. The van der Waals surface area contributed by atoms with Crippen LogP contribution in [0, 0.1) is 24.4 Å².